The van der Waals surface area contributed by atoms with E-state index in [4.69, 9.17) is 0 Å². The van der Waals surface area contributed by atoms with Crippen LogP contribution in [0.1, 0.15) is 55.3 Å². The zero-order valence-corrected chi connectivity index (χ0v) is 12.0. The summed E-state index contributed by atoms with van der Waals surface area (Å²) >= 11 is 0. The number of hydrogen-bond donors (Lipinski definition) is 2. The number of fused-ring (bicyclic) bond motifs is 1. The fraction of sp³-hybridized carbons (Fsp3) is 0.588. The third-order valence-electron chi connectivity index (χ3n) is 4.97. The zero-order valence-electron chi connectivity index (χ0n) is 12.0. The lowest BCUT2D eigenvalue weighted by Gasteiger charge is -2.39. The molecule has 0 aliphatic heterocycles. The summed E-state index contributed by atoms with van der Waals surface area (Å²) in [6, 6.07) is 9.84. The van der Waals surface area contributed by atoms with Gasteiger partial charge in [-0.3, -0.25) is 10.2 Å². The summed E-state index contributed by atoms with van der Waals surface area (Å²) in [7, 11) is 0. The smallest absolute Gasteiger partial charge is 0.265 e. The second-order valence-corrected chi connectivity index (χ2v) is 6.28. The molecule has 0 aromatic heterocycles. The summed E-state index contributed by atoms with van der Waals surface area (Å²) < 4.78 is 0. The minimum Gasteiger partial charge on any atom is -0.287 e. The van der Waals surface area contributed by atoms with E-state index >= 15 is 0 Å². The van der Waals surface area contributed by atoms with Crippen LogP contribution < -0.4 is 10.9 Å². The molecule has 108 valence electrons. The van der Waals surface area contributed by atoms with Crippen LogP contribution in [0.5, 0.6) is 0 Å². The van der Waals surface area contributed by atoms with Gasteiger partial charge in [0.05, 0.1) is 0 Å². The highest BCUT2D eigenvalue weighted by Gasteiger charge is 2.32. The molecule has 0 unspecified atom stereocenters. The van der Waals surface area contributed by atoms with Gasteiger partial charge in [-0.25, -0.2) is 5.43 Å². The van der Waals surface area contributed by atoms with Crippen molar-refractivity contribution >= 4 is 5.91 Å². The number of benzene rings is 1. The Morgan fingerprint density at radius 3 is 2.50 bits per heavy atom. The first-order valence-electron chi connectivity index (χ1n) is 7.94. The minimum atomic E-state index is -0.0311. The van der Waals surface area contributed by atoms with E-state index in [0.29, 0.717) is 11.6 Å². The standard InChI is InChI=1S/C17H24N2O/c20-17(14-7-2-1-3-8-14)19-18-16-11-10-13-6-4-5-9-15(13)12-16/h1-3,7-8,13,15-16,18H,4-6,9-12H2,(H,19,20)/t13-,15+,16-/m1/s1. The molecule has 20 heavy (non-hydrogen) atoms. The Bertz CT molecular complexity index is 446. The van der Waals surface area contributed by atoms with Crippen LogP contribution in [0.4, 0.5) is 0 Å². The van der Waals surface area contributed by atoms with Gasteiger partial charge in [0, 0.05) is 11.6 Å². The van der Waals surface area contributed by atoms with Crippen LogP contribution in [-0.4, -0.2) is 11.9 Å². The van der Waals surface area contributed by atoms with Crippen molar-refractivity contribution < 1.29 is 4.79 Å². The highest BCUT2D eigenvalue weighted by molar-refractivity contribution is 5.93. The molecule has 0 radical (unpaired) electrons. The van der Waals surface area contributed by atoms with Crippen molar-refractivity contribution in [3.8, 4) is 0 Å². The maximum atomic E-state index is 12.0. The van der Waals surface area contributed by atoms with E-state index in [0.717, 1.165) is 11.8 Å². The molecule has 0 bridgehead atoms. The molecule has 2 fully saturated rings. The molecular formula is C17H24N2O. The Kier molecular flexibility index (Phi) is 4.36. The lowest BCUT2D eigenvalue weighted by atomic mass is 9.69. The van der Waals surface area contributed by atoms with Crippen LogP contribution in [-0.2, 0) is 0 Å². The first kappa shape index (κ1) is 13.6. The van der Waals surface area contributed by atoms with Crippen LogP contribution >= 0.6 is 0 Å². The molecule has 3 rings (SSSR count). The second kappa shape index (κ2) is 6.40. The molecule has 2 aliphatic carbocycles. The van der Waals surface area contributed by atoms with Crippen molar-refractivity contribution in [2.45, 2.75) is 51.0 Å². The number of carbonyl (C=O) groups is 1. The molecule has 2 saturated carbocycles. The van der Waals surface area contributed by atoms with Crippen LogP contribution in [0, 0.1) is 11.8 Å². The molecule has 3 atom stereocenters. The fourth-order valence-corrected chi connectivity index (χ4v) is 3.83. The van der Waals surface area contributed by atoms with Gasteiger partial charge in [-0.2, -0.15) is 0 Å². The van der Waals surface area contributed by atoms with Gasteiger partial charge in [0.15, 0.2) is 0 Å². The van der Waals surface area contributed by atoms with Crippen LogP contribution in [0.15, 0.2) is 30.3 Å². The highest BCUT2D eigenvalue weighted by atomic mass is 16.2. The fourth-order valence-electron chi connectivity index (χ4n) is 3.83. The molecular weight excluding hydrogens is 248 g/mol. The van der Waals surface area contributed by atoms with Crippen molar-refractivity contribution in [2.24, 2.45) is 11.8 Å². The predicted molar refractivity (Wildman–Crippen MR) is 80.1 cm³/mol. The molecule has 0 heterocycles. The van der Waals surface area contributed by atoms with Gasteiger partial charge in [0.2, 0.25) is 0 Å². The summed E-state index contributed by atoms with van der Waals surface area (Å²) in [6.45, 7) is 0. The number of carbonyl (C=O) groups excluding carboxylic acids is 1. The van der Waals surface area contributed by atoms with Gasteiger partial charge in [-0.15, -0.1) is 0 Å². The molecule has 0 spiro atoms. The van der Waals surface area contributed by atoms with Crippen LogP contribution in [0.2, 0.25) is 0 Å². The molecule has 3 heteroatoms. The van der Waals surface area contributed by atoms with Gasteiger partial charge in [0.1, 0.15) is 0 Å². The topological polar surface area (TPSA) is 41.1 Å². The molecule has 2 aliphatic rings. The van der Waals surface area contributed by atoms with Gasteiger partial charge in [0.25, 0.3) is 5.91 Å². The summed E-state index contributed by atoms with van der Waals surface area (Å²) in [5.41, 5.74) is 6.84. The average Bonchev–Trinajstić information content (AvgIpc) is 2.53. The third kappa shape index (κ3) is 3.21. The quantitative estimate of drug-likeness (QED) is 0.829. The first-order chi connectivity index (χ1) is 9.83. The van der Waals surface area contributed by atoms with Crippen LogP contribution in [0.3, 0.4) is 0 Å². The minimum absolute atomic E-state index is 0.0311. The van der Waals surface area contributed by atoms with E-state index < -0.39 is 0 Å². The van der Waals surface area contributed by atoms with E-state index in [-0.39, 0.29) is 5.91 Å². The molecule has 1 aromatic rings. The SMILES string of the molecule is O=C(NN[C@@H]1CC[C@H]2CCCC[C@H]2C1)c1ccccc1. The van der Waals surface area contributed by atoms with Crippen LogP contribution in [0.25, 0.3) is 0 Å². The largest absolute Gasteiger partial charge is 0.287 e. The molecule has 1 amide bonds. The molecule has 3 nitrogen and oxygen atoms in total. The summed E-state index contributed by atoms with van der Waals surface area (Å²) in [6.07, 6.45) is 9.36. The van der Waals surface area contributed by atoms with E-state index in [9.17, 15) is 4.79 Å². The van der Waals surface area contributed by atoms with E-state index in [1.165, 1.54) is 44.9 Å². The Labute approximate surface area is 121 Å². The normalized spacial score (nSPS) is 29.5. The maximum absolute atomic E-state index is 12.0. The van der Waals surface area contributed by atoms with Crippen molar-refractivity contribution in [2.75, 3.05) is 0 Å². The lowest BCUT2D eigenvalue weighted by molar-refractivity contribution is 0.0890. The van der Waals surface area contributed by atoms with Crippen molar-refractivity contribution in [1.82, 2.24) is 10.9 Å². The zero-order chi connectivity index (χ0) is 13.8. The van der Waals surface area contributed by atoms with E-state index in [1.54, 1.807) is 0 Å². The van der Waals surface area contributed by atoms with E-state index in [1.807, 2.05) is 30.3 Å². The van der Waals surface area contributed by atoms with Crippen molar-refractivity contribution in [3.63, 3.8) is 0 Å². The molecule has 0 saturated heterocycles. The Morgan fingerprint density at radius 1 is 0.950 bits per heavy atom. The van der Waals surface area contributed by atoms with Crippen molar-refractivity contribution in [3.05, 3.63) is 35.9 Å². The Hall–Kier alpha value is -1.35. The van der Waals surface area contributed by atoms with Gasteiger partial charge in [-0.1, -0.05) is 43.9 Å². The first-order valence-corrected chi connectivity index (χ1v) is 7.94. The van der Waals surface area contributed by atoms with Gasteiger partial charge < -0.3 is 0 Å². The highest BCUT2D eigenvalue weighted by Crippen LogP contribution is 2.40. The van der Waals surface area contributed by atoms with Crippen molar-refractivity contribution in [1.29, 1.82) is 0 Å². The summed E-state index contributed by atoms with van der Waals surface area (Å²) in [5, 5.41) is 0. The van der Waals surface area contributed by atoms with Gasteiger partial charge >= 0.3 is 0 Å². The third-order valence-corrected chi connectivity index (χ3v) is 4.97. The monoisotopic (exact) mass is 272 g/mol. The number of hydrogen-bond acceptors (Lipinski definition) is 2. The molecule has 2 N–H and O–H groups in total. The molecule has 1 aromatic carbocycles. The number of nitrogens with one attached hydrogen (secondary N) is 2. The summed E-state index contributed by atoms with van der Waals surface area (Å²) in [4.78, 5) is 12.0. The van der Waals surface area contributed by atoms with E-state index in [2.05, 4.69) is 10.9 Å². The number of rotatable bonds is 3. The lowest BCUT2D eigenvalue weighted by Crippen LogP contribution is -2.47. The second-order valence-electron chi connectivity index (χ2n) is 6.28. The Balaban J connectivity index is 1.48. The number of hydrazine groups is 1. The maximum Gasteiger partial charge on any atom is 0.265 e. The summed E-state index contributed by atoms with van der Waals surface area (Å²) in [5.74, 6) is 1.80. The predicted octanol–water partition coefficient (Wildman–Crippen LogP) is 3.28. The average molecular weight is 272 g/mol. The van der Waals surface area contributed by atoms with Gasteiger partial charge in [-0.05, 0) is 43.2 Å². The number of amides is 1. The Morgan fingerprint density at radius 2 is 1.70 bits per heavy atom.